The van der Waals surface area contributed by atoms with E-state index in [0.29, 0.717) is 12.8 Å². The van der Waals surface area contributed by atoms with Crippen LogP contribution in [0.4, 0.5) is 0 Å². The van der Waals surface area contributed by atoms with Crippen LogP contribution in [0.3, 0.4) is 0 Å². The van der Waals surface area contributed by atoms with Crippen molar-refractivity contribution >= 4 is 35.8 Å². The Kier molecular flexibility index (Phi) is 16.7. The van der Waals surface area contributed by atoms with Crippen molar-refractivity contribution in [2.75, 3.05) is 26.7 Å². The normalized spacial score (nSPS) is 12.0. The number of likely N-dealkylation sites (N-methyl/N-ethyl adjacent to an activating group) is 1. The molecule has 0 spiro atoms. The molecule has 0 aliphatic carbocycles. The molecule has 2 atom stereocenters. The van der Waals surface area contributed by atoms with Crippen molar-refractivity contribution in [1.82, 2.24) is 21.3 Å². The summed E-state index contributed by atoms with van der Waals surface area (Å²) in [6.07, 6.45) is -0.0602. The molecule has 30 heavy (non-hydrogen) atoms. The molecule has 12 heteroatoms. The van der Waals surface area contributed by atoms with Crippen molar-refractivity contribution in [3.8, 4) is 0 Å². The van der Waals surface area contributed by atoms with Gasteiger partial charge in [0, 0.05) is 18.9 Å². The zero-order valence-corrected chi connectivity index (χ0v) is 17.7. The van der Waals surface area contributed by atoms with Crippen LogP contribution in [0, 0.1) is 5.92 Å². The van der Waals surface area contributed by atoms with Crippen molar-refractivity contribution in [3.05, 3.63) is 0 Å². The van der Waals surface area contributed by atoms with Crippen LogP contribution in [0.15, 0.2) is 0 Å². The Morgan fingerprint density at radius 1 is 1.00 bits per heavy atom. The molecular formula is C18H32N4O8. The van der Waals surface area contributed by atoms with Gasteiger partial charge in [-0.15, -0.1) is 0 Å². The summed E-state index contributed by atoms with van der Waals surface area (Å²) in [5, 5.41) is 27.7. The fraction of sp³-hybridized carbons (Fsp3) is 0.667. The van der Waals surface area contributed by atoms with E-state index >= 15 is 0 Å². The molecule has 0 aliphatic heterocycles. The molecule has 0 fully saturated rings. The number of nitrogens with one attached hydrogen (secondary N) is 4. The van der Waals surface area contributed by atoms with Gasteiger partial charge < -0.3 is 36.3 Å². The number of hydrogen-bond acceptors (Lipinski definition) is 8. The first-order chi connectivity index (χ1) is 14.0. The molecule has 2 amide bonds. The van der Waals surface area contributed by atoms with Gasteiger partial charge in [-0.25, -0.2) is 0 Å². The Balaban J connectivity index is 0. The van der Waals surface area contributed by atoms with Gasteiger partial charge in [-0.1, -0.05) is 13.8 Å². The van der Waals surface area contributed by atoms with E-state index in [-0.39, 0.29) is 31.7 Å². The number of carbonyl (C=O) groups is 6. The summed E-state index contributed by atoms with van der Waals surface area (Å²) in [7, 11) is 1.75. The molecule has 0 aromatic heterocycles. The van der Waals surface area contributed by atoms with Gasteiger partial charge in [0.1, 0.15) is 24.2 Å². The third-order valence-corrected chi connectivity index (χ3v) is 3.46. The van der Waals surface area contributed by atoms with Crippen molar-refractivity contribution in [2.24, 2.45) is 5.92 Å². The third kappa shape index (κ3) is 16.1. The summed E-state index contributed by atoms with van der Waals surface area (Å²) in [5.74, 6) is -3.69. The number of rotatable bonds is 14. The summed E-state index contributed by atoms with van der Waals surface area (Å²) < 4.78 is 0. The van der Waals surface area contributed by atoms with Gasteiger partial charge in [0.2, 0.25) is 11.8 Å². The number of Topliss-reactive ketones (excluding diaryl/α,β-unsaturated/α-hetero) is 1. The molecule has 0 saturated carbocycles. The second kappa shape index (κ2) is 17.0. The summed E-state index contributed by atoms with van der Waals surface area (Å²) in [4.78, 5) is 65.6. The minimum Gasteiger partial charge on any atom is -0.481 e. The number of aliphatic carboxylic acids is 2. The highest BCUT2D eigenvalue weighted by molar-refractivity contribution is 5.89. The highest BCUT2D eigenvalue weighted by Crippen LogP contribution is 1.99. The lowest BCUT2D eigenvalue weighted by Crippen LogP contribution is -2.55. The zero-order chi connectivity index (χ0) is 23.7. The van der Waals surface area contributed by atoms with E-state index in [1.165, 1.54) is 0 Å². The largest absolute Gasteiger partial charge is 0.481 e. The quantitative estimate of drug-likeness (QED) is 0.170. The molecule has 12 nitrogen and oxygen atoms in total. The molecule has 0 aliphatic rings. The van der Waals surface area contributed by atoms with Gasteiger partial charge in [-0.3, -0.25) is 24.0 Å². The van der Waals surface area contributed by atoms with Gasteiger partial charge in [-0.2, -0.15) is 0 Å². The first-order valence-corrected chi connectivity index (χ1v) is 9.29. The lowest BCUT2D eigenvalue weighted by Gasteiger charge is -2.22. The Hall–Kier alpha value is -2.86. The average molecular weight is 432 g/mol. The van der Waals surface area contributed by atoms with Gasteiger partial charge in [0.05, 0.1) is 13.1 Å². The lowest BCUT2D eigenvalue weighted by molar-refractivity contribution is -0.141. The number of carbonyl (C=O) groups excluding carboxylic acids is 4. The molecule has 0 aromatic carbocycles. The number of ketones is 1. The summed E-state index contributed by atoms with van der Waals surface area (Å²) in [6, 6.07) is -2.27. The minimum atomic E-state index is -1.27. The summed E-state index contributed by atoms with van der Waals surface area (Å²) in [6.45, 7) is 4.82. The van der Waals surface area contributed by atoms with Crippen molar-refractivity contribution in [3.63, 3.8) is 0 Å². The van der Waals surface area contributed by atoms with Crippen LogP contribution in [0.25, 0.3) is 0 Å². The predicted molar refractivity (Wildman–Crippen MR) is 107 cm³/mol. The molecule has 0 saturated heterocycles. The van der Waals surface area contributed by atoms with E-state index in [2.05, 4.69) is 21.3 Å². The van der Waals surface area contributed by atoms with Crippen LogP contribution in [0.5, 0.6) is 0 Å². The molecule has 2 unspecified atom stereocenters. The van der Waals surface area contributed by atoms with E-state index in [9.17, 15) is 28.8 Å². The smallest absolute Gasteiger partial charge is 0.320 e. The first kappa shape index (κ1) is 29.3. The molecule has 0 heterocycles. The highest BCUT2D eigenvalue weighted by Gasteiger charge is 2.25. The van der Waals surface area contributed by atoms with E-state index in [1.54, 1.807) is 27.8 Å². The Bertz CT molecular complexity index is 595. The number of amides is 2. The van der Waals surface area contributed by atoms with Crippen LogP contribution in [0.2, 0.25) is 0 Å². The van der Waals surface area contributed by atoms with E-state index in [4.69, 9.17) is 10.2 Å². The van der Waals surface area contributed by atoms with Crippen LogP contribution < -0.4 is 21.3 Å². The first-order valence-electron chi connectivity index (χ1n) is 9.29. The maximum absolute atomic E-state index is 11.9. The maximum atomic E-state index is 11.9. The zero-order valence-electron chi connectivity index (χ0n) is 17.7. The monoisotopic (exact) mass is 432 g/mol. The molecule has 0 radical (unpaired) electrons. The van der Waals surface area contributed by atoms with E-state index < -0.39 is 41.8 Å². The fourth-order valence-electron chi connectivity index (χ4n) is 1.90. The van der Waals surface area contributed by atoms with Gasteiger partial charge in [-0.05, 0) is 20.4 Å². The third-order valence-electron chi connectivity index (χ3n) is 3.46. The number of carboxylic acid groups (broad SMARTS) is 2. The average Bonchev–Trinajstić information content (AvgIpc) is 2.64. The molecule has 172 valence electrons. The molecule has 0 bridgehead atoms. The van der Waals surface area contributed by atoms with Crippen molar-refractivity contribution in [1.29, 1.82) is 0 Å². The number of carboxylic acids is 2. The van der Waals surface area contributed by atoms with Gasteiger partial charge in [0.25, 0.3) is 0 Å². The topological polar surface area (TPSA) is 191 Å². The van der Waals surface area contributed by atoms with Crippen LogP contribution in [-0.2, 0) is 28.8 Å². The molecule has 0 rings (SSSR count). The summed E-state index contributed by atoms with van der Waals surface area (Å²) in [5.41, 5.74) is 0. The molecular weight excluding hydrogens is 400 g/mol. The number of hydrogen-bond donors (Lipinski definition) is 6. The summed E-state index contributed by atoms with van der Waals surface area (Å²) >= 11 is 0. The second-order valence-electron chi connectivity index (χ2n) is 6.59. The van der Waals surface area contributed by atoms with E-state index in [1.807, 2.05) is 0 Å². The van der Waals surface area contributed by atoms with Gasteiger partial charge in [0.15, 0.2) is 0 Å². The maximum Gasteiger partial charge on any atom is 0.320 e. The van der Waals surface area contributed by atoms with Gasteiger partial charge >= 0.3 is 11.9 Å². The molecule has 6 N–H and O–H groups in total. The lowest BCUT2D eigenvalue weighted by atomic mass is 10.1. The van der Waals surface area contributed by atoms with Crippen LogP contribution in [-0.4, -0.2) is 84.8 Å². The van der Waals surface area contributed by atoms with E-state index in [0.717, 1.165) is 0 Å². The Labute approximate surface area is 175 Å². The minimum absolute atomic E-state index is 0.175. The van der Waals surface area contributed by atoms with Crippen LogP contribution in [0.1, 0.15) is 33.6 Å². The fourth-order valence-corrected chi connectivity index (χ4v) is 1.90. The van der Waals surface area contributed by atoms with Crippen molar-refractivity contribution in [2.45, 2.75) is 45.7 Å². The van der Waals surface area contributed by atoms with Crippen LogP contribution >= 0.6 is 0 Å². The highest BCUT2D eigenvalue weighted by atomic mass is 16.4. The molecule has 0 aromatic rings. The Morgan fingerprint density at radius 2 is 1.60 bits per heavy atom. The predicted octanol–water partition coefficient (Wildman–Crippen LogP) is -1.86. The second-order valence-corrected chi connectivity index (χ2v) is 6.59. The SMILES string of the molecule is CC(C)C(=O)NC(CNC(CCC(=O)O)C(=O)O)C(=O)NCC=O.CNCC(C)=O. The Morgan fingerprint density at radius 3 is 1.97 bits per heavy atom. The number of aldehydes is 1. The standard InChI is InChI=1S/C14H23N3O7.C4H9NO/c1-8(2)12(21)17-10(13(22)15-5-6-18)7-16-9(14(23)24)3-4-11(19)20;1-4(6)3-5-2/h6,8-10,16H,3-5,7H2,1-2H3,(H,15,22)(H,17,21)(H,19,20)(H,23,24);5H,3H2,1-2H3. The van der Waals surface area contributed by atoms with Crippen molar-refractivity contribution < 1.29 is 39.0 Å².